The molecule has 0 radical (unpaired) electrons. The second-order valence-corrected chi connectivity index (χ2v) is 3.50. The molecular weight excluding hydrogens is 198 g/mol. The smallest absolute Gasteiger partial charge is 0.171 e. The van der Waals surface area contributed by atoms with Crippen LogP contribution in [0.25, 0.3) is 0 Å². The second-order valence-electron chi connectivity index (χ2n) is 2.49. The first-order chi connectivity index (χ1) is 6.88. The van der Waals surface area contributed by atoms with Crippen LogP contribution in [-0.4, -0.2) is 27.0 Å². The molecule has 72 valence electrons. The fourth-order valence-electron chi connectivity index (χ4n) is 0.923. The fourth-order valence-corrected chi connectivity index (χ4v) is 1.62. The normalized spacial score (nSPS) is 10.1. The maximum absolute atomic E-state index is 4.30. The Morgan fingerprint density at radius 2 is 2.36 bits per heavy atom. The highest BCUT2D eigenvalue weighted by Crippen LogP contribution is 2.21. The number of nitrogens with zero attached hydrogens (tertiary/aromatic N) is 3. The highest BCUT2D eigenvalue weighted by atomic mass is 32.2. The van der Waals surface area contributed by atoms with Crippen molar-refractivity contribution in [3.63, 3.8) is 0 Å². The van der Waals surface area contributed by atoms with E-state index in [-0.39, 0.29) is 0 Å². The minimum Gasteiger partial charge on any atom is -0.372 e. The summed E-state index contributed by atoms with van der Waals surface area (Å²) < 4.78 is 0. The van der Waals surface area contributed by atoms with Crippen molar-refractivity contribution in [3.05, 3.63) is 24.8 Å². The van der Waals surface area contributed by atoms with Gasteiger partial charge in [-0.3, -0.25) is 4.98 Å². The lowest BCUT2D eigenvalue weighted by molar-refractivity contribution is 1.02. The molecule has 2 aromatic heterocycles. The molecule has 0 saturated carbocycles. The summed E-state index contributed by atoms with van der Waals surface area (Å²) in [4.78, 5) is 15.4. The van der Waals surface area contributed by atoms with E-state index in [1.54, 1.807) is 24.8 Å². The van der Waals surface area contributed by atoms with Crippen LogP contribution >= 0.6 is 11.8 Å². The van der Waals surface area contributed by atoms with Crippen molar-refractivity contribution in [3.8, 4) is 0 Å². The van der Waals surface area contributed by atoms with Gasteiger partial charge in [-0.05, 0) is 11.8 Å². The van der Waals surface area contributed by atoms with Crippen LogP contribution in [0.4, 0.5) is 5.82 Å². The van der Waals surface area contributed by atoms with Gasteiger partial charge in [0.15, 0.2) is 5.16 Å². The molecule has 0 bridgehead atoms. The zero-order chi connectivity index (χ0) is 9.80. The molecule has 0 aliphatic heterocycles. The van der Waals surface area contributed by atoms with Crippen LogP contribution in [0.3, 0.4) is 0 Å². The van der Waals surface area contributed by atoms with Crippen molar-refractivity contribution in [1.29, 1.82) is 0 Å². The lowest BCUT2D eigenvalue weighted by atomic mass is 10.7. The molecule has 14 heavy (non-hydrogen) atoms. The molecule has 2 N–H and O–H groups in total. The summed E-state index contributed by atoms with van der Waals surface area (Å²) in [6.07, 6.45) is 6.86. The molecule has 0 saturated heterocycles. The summed E-state index contributed by atoms with van der Waals surface area (Å²) in [5, 5.41) is 4.55. The quantitative estimate of drug-likeness (QED) is 0.796. The van der Waals surface area contributed by atoms with Gasteiger partial charge in [0.25, 0.3) is 0 Å². The van der Waals surface area contributed by atoms with Crippen LogP contribution in [-0.2, 0) is 0 Å². The molecule has 0 spiro atoms. The number of imidazole rings is 1. The van der Waals surface area contributed by atoms with E-state index in [4.69, 9.17) is 0 Å². The predicted molar refractivity (Wildman–Crippen MR) is 54.3 cm³/mol. The third-order valence-corrected chi connectivity index (χ3v) is 2.37. The van der Waals surface area contributed by atoms with Crippen molar-refractivity contribution in [2.24, 2.45) is 0 Å². The number of hydrogen-bond acceptors (Lipinski definition) is 5. The lowest BCUT2D eigenvalue weighted by Gasteiger charge is -2.00. The van der Waals surface area contributed by atoms with Crippen molar-refractivity contribution < 1.29 is 0 Å². The molecule has 2 rings (SSSR count). The Labute approximate surface area is 85.4 Å². The Balaban J connectivity index is 2.17. The molecule has 0 fully saturated rings. The Hall–Kier alpha value is -1.56. The minimum absolute atomic E-state index is 0.751. The number of hydrogen-bond donors (Lipinski definition) is 2. The second kappa shape index (κ2) is 4.10. The van der Waals surface area contributed by atoms with E-state index in [0.717, 1.165) is 16.0 Å². The third-order valence-electron chi connectivity index (χ3n) is 1.54. The predicted octanol–water partition coefficient (Wildman–Crippen LogP) is 1.39. The van der Waals surface area contributed by atoms with Crippen LogP contribution in [0.5, 0.6) is 0 Å². The molecule has 0 aliphatic rings. The molecule has 0 amide bonds. The lowest BCUT2D eigenvalue weighted by Crippen LogP contribution is -1.94. The van der Waals surface area contributed by atoms with E-state index >= 15 is 0 Å². The summed E-state index contributed by atoms with van der Waals surface area (Å²) in [7, 11) is 1.81. The average Bonchev–Trinajstić information content (AvgIpc) is 2.71. The summed E-state index contributed by atoms with van der Waals surface area (Å²) >= 11 is 1.44. The Morgan fingerprint density at radius 1 is 1.43 bits per heavy atom. The first kappa shape index (κ1) is 9.01. The number of rotatable bonds is 3. The van der Waals surface area contributed by atoms with E-state index in [1.165, 1.54) is 11.8 Å². The summed E-state index contributed by atoms with van der Waals surface area (Å²) in [5.41, 5.74) is 0. The van der Waals surface area contributed by atoms with Gasteiger partial charge in [-0.25, -0.2) is 9.97 Å². The van der Waals surface area contributed by atoms with Gasteiger partial charge in [0.05, 0.1) is 12.4 Å². The molecular formula is C8H9N5S. The molecule has 2 heterocycles. The maximum atomic E-state index is 4.30. The molecule has 0 aromatic carbocycles. The highest BCUT2D eigenvalue weighted by Gasteiger charge is 2.01. The van der Waals surface area contributed by atoms with Gasteiger partial charge >= 0.3 is 0 Å². The van der Waals surface area contributed by atoms with Crippen molar-refractivity contribution in [2.45, 2.75) is 10.2 Å². The topological polar surface area (TPSA) is 66.5 Å². The first-order valence-corrected chi connectivity index (χ1v) is 4.87. The standard InChI is InChI=1S/C8H9N5S/c1-9-6-4-10-5-7(13-6)14-8-11-2-3-12-8/h2-5H,1H3,(H,9,13)(H,11,12). The van der Waals surface area contributed by atoms with Crippen molar-refractivity contribution in [2.75, 3.05) is 12.4 Å². The van der Waals surface area contributed by atoms with E-state index in [1.807, 2.05) is 7.05 Å². The van der Waals surface area contributed by atoms with E-state index in [2.05, 4.69) is 25.3 Å². The highest BCUT2D eigenvalue weighted by molar-refractivity contribution is 7.99. The number of anilines is 1. The summed E-state index contributed by atoms with van der Waals surface area (Å²) in [6.45, 7) is 0. The van der Waals surface area contributed by atoms with Gasteiger partial charge in [0.1, 0.15) is 10.8 Å². The zero-order valence-electron chi connectivity index (χ0n) is 7.56. The Morgan fingerprint density at radius 3 is 3.07 bits per heavy atom. The van der Waals surface area contributed by atoms with Gasteiger partial charge in [0.2, 0.25) is 0 Å². The van der Waals surface area contributed by atoms with E-state index < -0.39 is 0 Å². The Kier molecular flexibility index (Phi) is 2.64. The van der Waals surface area contributed by atoms with Crippen molar-refractivity contribution >= 4 is 17.6 Å². The van der Waals surface area contributed by atoms with Gasteiger partial charge < -0.3 is 10.3 Å². The Bertz CT molecular complexity index is 400. The molecule has 0 atom stereocenters. The summed E-state index contributed by atoms with van der Waals surface area (Å²) in [6, 6.07) is 0. The van der Waals surface area contributed by atoms with E-state index in [9.17, 15) is 0 Å². The SMILES string of the molecule is CNc1cncc(Sc2ncc[nH]2)n1. The van der Waals surface area contributed by atoms with Gasteiger partial charge in [-0.2, -0.15) is 0 Å². The van der Waals surface area contributed by atoms with Crippen LogP contribution < -0.4 is 5.32 Å². The number of aromatic nitrogens is 4. The monoisotopic (exact) mass is 207 g/mol. The van der Waals surface area contributed by atoms with Crippen LogP contribution in [0.1, 0.15) is 0 Å². The molecule has 2 aromatic rings. The zero-order valence-corrected chi connectivity index (χ0v) is 8.38. The third kappa shape index (κ3) is 2.02. The molecule has 0 unspecified atom stereocenters. The van der Waals surface area contributed by atoms with Crippen LogP contribution in [0.15, 0.2) is 35.0 Å². The summed E-state index contributed by atoms with van der Waals surface area (Å²) in [5.74, 6) is 0.751. The number of nitrogens with one attached hydrogen (secondary N) is 2. The largest absolute Gasteiger partial charge is 0.372 e. The molecule has 0 aliphatic carbocycles. The molecule has 5 nitrogen and oxygen atoms in total. The minimum atomic E-state index is 0.751. The van der Waals surface area contributed by atoms with Gasteiger partial charge in [0, 0.05) is 19.4 Å². The van der Waals surface area contributed by atoms with Crippen LogP contribution in [0.2, 0.25) is 0 Å². The molecule has 6 heteroatoms. The maximum Gasteiger partial charge on any atom is 0.171 e. The van der Waals surface area contributed by atoms with Crippen LogP contribution in [0, 0.1) is 0 Å². The van der Waals surface area contributed by atoms with E-state index in [0.29, 0.717) is 0 Å². The van der Waals surface area contributed by atoms with Gasteiger partial charge in [-0.15, -0.1) is 0 Å². The number of aromatic amines is 1. The fraction of sp³-hybridized carbons (Fsp3) is 0.125. The first-order valence-electron chi connectivity index (χ1n) is 4.05. The van der Waals surface area contributed by atoms with Gasteiger partial charge in [-0.1, -0.05) is 0 Å². The number of H-pyrrole nitrogens is 1. The van der Waals surface area contributed by atoms with Crippen molar-refractivity contribution in [1.82, 2.24) is 19.9 Å². The average molecular weight is 207 g/mol.